The van der Waals surface area contributed by atoms with Gasteiger partial charge in [-0.15, -0.1) is 0 Å². The summed E-state index contributed by atoms with van der Waals surface area (Å²) < 4.78 is 37.4. The van der Waals surface area contributed by atoms with Gasteiger partial charge in [0.05, 0.1) is 19.8 Å². The van der Waals surface area contributed by atoms with Crippen LogP contribution in [-0.2, 0) is 0 Å². The fourth-order valence-corrected chi connectivity index (χ4v) is 2.38. The first-order chi connectivity index (χ1) is 9.97. The third-order valence-corrected chi connectivity index (χ3v) is 3.55. The van der Waals surface area contributed by atoms with Gasteiger partial charge in [-0.25, -0.2) is 8.78 Å². The van der Waals surface area contributed by atoms with Crippen LogP contribution < -0.4 is 9.47 Å². The number of carbonyl (C=O) groups is 1. The fraction of sp³-hybridized carbons (Fsp3) is 0.133. The van der Waals surface area contributed by atoms with Gasteiger partial charge in [-0.2, -0.15) is 0 Å². The first-order valence-electron chi connectivity index (χ1n) is 5.89. The van der Waals surface area contributed by atoms with Gasteiger partial charge in [0.15, 0.2) is 17.3 Å². The summed E-state index contributed by atoms with van der Waals surface area (Å²) in [5.41, 5.74) is -0.0255. The standard InChI is InChI=1S/C15H11BrF2O3/c1-20-13-6-10(12(18)7-14(13)21-2)15(19)9-4-3-8(17)5-11(9)16/h3-7H,1-2H3. The van der Waals surface area contributed by atoms with Crippen LogP contribution in [0.1, 0.15) is 15.9 Å². The summed E-state index contributed by atoms with van der Waals surface area (Å²) in [4.78, 5) is 12.4. The topological polar surface area (TPSA) is 35.5 Å². The second kappa shape index (κ2) is 6.22. The van der Waals surface area contributed by atoms with Crippen molar-refractivity contribution in [3.8, 4) is 11.5 Å². The zero-order chi connectivity index (χ0) is 15.6. The normalized spacial score (nSPS) is 10.3. The van der Waals surface area contributed by atoms with Gasteiger partial charge in [-0.1, -0.05) is 0 Å². The minimum Gasteiger partial charge on any atom is -0.493 e. The highest BCUT2D eigenvalue weighted by molar-refractivity contribution is 9.10. The zero-order valence-corrected chi connectivity index (χ0v) is 12.8. The monoisotopic (exact) mass is 356 g/mol. The van der Waals surface area contributed by atoms with Gasteiger partial charge in [-0.05, 0) is 40.2 Å². The van der Waals surface area contributed by atoms with E-state index >= 15 is 0 Å². The maximum atomic E-state index is 14.1. The number of benzene rings is 2. The SMILES string of the molecule is COc1cc(F)c(C(=O)c2ccc(F)cc2Br)cc1OC. The van der Waals surface area contributed by atoms with E-state index in [9.17, 15) is 13.6 Å². The van der Waals surface area contributed by atoms with E-state index < -0.39 is 17.4 Å². The van der Waals surface area contributed by atoms with Crippen LogP contribution in [0.3, 0.4) is 0 Å². The highest BCUT2D eigenvalue weighted by atomic mass is 79.9. The Labute approximate surface area is 128 Å². The predicted molar refractivity (Wildman–Crippen MR) is 77.0 cm³/mol. The molecule has 2 rings (SSSR count). The van der Waals surface area contributed by atoms with Crippen LogP contribution in [0.25, 0.3) is 0 Å². The van der Waals surface area contributed by atoms with Crippen LogP contribution in [-0.4, -0.2) is 20.0 Å². The van der Waals surface area contributed by atoms with Crippen molar-refractivity contribution in [2.45, 2.75) is 0 Å². The zero-order valence-electron chi connectivity index (χ0n) is 11.2. The molecule has 0 bridgehead atoms. The summed E-state index contributed by atoms with van der Waals surface area (Å²) in [6.45, 7) is 0. The Morgan fingerprint density at radius 1 is 1.00 bits per heavy atom. The molecule has 0 spiro atoms. The molecule has 0 saturated carbocycles. The van der Waals surface area contributed by atoms with E-state index in [1.807, 2.05) is 0 Å². The summed E-state index contributed by atoms with van der Waals surface area (Å²) in [6, 6.07) is 5.90. The van der Waals surface area contributed by atoms with Gasteiger partial charge >= 0.3 is 0 Å². The van der Waals surface area contributed by atoms with Crippen LogP contribution in [0.15, 0.2) is 34.8 Å². The molecule has 0 fully saturated rings. The van der Waals surface area contributed by atoms with Crippen molar-refractivity contribution in [3.05, 3.63) is 57.6 Å². The Kier molecular flexibility index (Phi) is 4.57. The highest BCUT2D eigenvalue weighted by Crippen LogP contribution is 2.32. The number of carbonyl (C=O) groups excluding carboxylic acids is 1. The molecule has 0 unspecified atom stereocenters. The van der Waals surface area contributed by atoms with Gasteiger partial charge < -0.3 is 9.47 Å². The summed E-state index contributed by atoms with van der Waals surface area (Å²) in [5, 5.41) is 0. The van der Waals surface area contributed by atoms with E-state index in [0.717, 1.165) is 18.2 Å². The number of methoxy groups -OCH3 is 2. The summed E-state index contributed by atoms with van der Waals surface area (Å²) >= 11 is 3.09. The highest BCUT2D eigenvalue weighted by Gasteiger charge is 2.20. The minimum atomic E-state index is -0.742. The number of halogens is 3. The van der Waals surface area contributed by atoms with Crippen molar-refractivity contribution in [2.24, 2.45) is 0 Å². The molecule has 0 aliphatic heterocycles. The Balaban J connectivity index is 2.53. The Morgan fingerprint density at radius 3 is 2.19 bits per heavy atom. The van der Waals surface area contributed by atoms with Crippen LogP contribution in [0.4, 0.5) is 8.78 Å². The minimum absolute atomic E-state index is 0.155. The molecule has 2 aromatic carbocycles. The first kappa shape index (κ1) is 15.4. The van der Waals surface area contributed by atoms with Gasteiger partial charge in [-0.3, -0.25) is 4.79 Å². The molecule has 0 heterocycles. The summed E-state index contributed by atoms with van der Waals surface area (Å²) in [6.07, 6.45) is 0. The lowest BCUT2D eigenvalue weighted by molar-refractivity contribution is 0.103. The third-order valence-electron chi connectivity index (χ3n) is 2.89. The Morgan fingerprint density at radius 2 is 1.62 bits per heavy atom. The number of hydrogen-bond donors (Lipinski definition) is 0. The van der Waals surface area contributed by atoms with Crippen molar-refractivity contribution in [1.82, 2.24) is 0 Å². The molecule has 2 aromatic rings. The van der Waals surface area contributed by atoms with E-state index in [1.54, 1.807) is 0 Å². The van der Waals surface area contributed by atoms with E-state index in [1.165, 1.54) is 26.4 Å². The summed E-state index contributed by atoms with van der Waals surface area (Å²) in [7, 11) is 2.76. The lowest BCUT2D eigenvalue weighted by Gasteiger charge is -2.11. The van der Waals surface area contributed by atoms with Crippen LogP contribution in [0, 0.1) is 11.6 Å². The van der Waals surface area contributed by atoms with E-state index in [4.69, 9.17) is 9.47 Å². The van der Waals surface area contributed by atoms with Gasteiger partial charge in [0.2, 0.25) is 0 Å². The largest absolute Gasteiger partial charge is 0.493 e. The second-order valence-electron chi connectivity index (χ2n) is 4.14. The van der Waals surface area contributed by atoms with Crippen molar-refractivity contribution < 1.29 is 23.0 Å². The second-order valence-corrected chi connectivity index (χ2v) is 4.99. The molecule has 0 aliphatic rings. The van der Waals surface area contributed by atoms with Crippen molar-refractivity contribution in [2.75, 3.05) is 14.2 Å². The number of hydrogen-bond acceptors (Lipinski definition) is 3. The maximum absolute atomic E-state index is 14.1. The molecule has 0 aliphatic carbocycles. The first-order valence-corrected chi connectivity index (χ1v) is 6.68. The Hall–Kier alpha value is -1.95. The van der Waals surface area contributed by atoms with Crippen LogP contribution in [0.5, 0.6) is 11.5 Å². The molecule has 0 amide bonds. The average Bonchev–Trinajstić information content (AvgIpc) is 2.46. The molecular weight excluding hydrogens is 346 g/mol. The van der Waals surface area contributed by atoms with E-state index in [-0.39, 0.29) is 27.1 Å². The van der Waals surface area contributed by atoms with Crippen LogP contribution in [0.2, 0.25) is 0 Å². The molecule has 0 saturated heterocycles. The van der Waals surface area contributed by atoms with Gasteiger partial charge in [0.25, 0.3) is 0 Å². The molecule has 21 heavy (non-hydrogen) atoms. The molecule has 0 N–H and O–H groups in total. The van der Waals surface area contributed by atoms with Crippen LogP contribution >= 0.6 is 15.9 Å². The van der Waals surface area contributed by atoms with Gasteiger partial charge in [0, 0.05) is 16.1 Å². The number of ether oxygens (including phenoxy) is 2. The number of rotatable bonds is 4. The summed E-state index contributed by atoms with van der Waals surface area (Å²) in [5.74, 6) is -1.40. The number of ketones is 1. The van der Waals surface area contributed by atoms with Crippen molar-refractivity contribution in [1.29, 1.82) is 0 Å². The molecule has 0 aromatic heterocycles. The van der Waals surface area contributed by atoms with E-state index in [2.05, 4.69) is 15.9 Å². The molecular formula is C15H11BrF2O3. The average molecular weight is 357 g/mol. The molecule has 110 valence electrons. The predicted octanol–water partition coefficient (Wildman–Crippen LogP) is 3.98. The smallest absolute Gasteiger partial charge is 0.197 e. The van der Waals surface area contributed by atoms with Gasteiger partial charge in [0.1, 0.15) is 11.6 Å². The molecule has 0 atom stereocenters. The van der Waals surface area contributed by atoms with Crippen molar-refractivity contribution >= 4 is 21.7 Å². The maximum Gasteiger partial charge on any atom is 0.197 e. The molecule has 6 heteroatoms. The third kappa shape index (κ3) is 3.05. The Bertz CT molecular complexity index is 702. The fourth-order valence-electron chi connectivity index (χ4n) is 1.85. The van der Waals surface area contributed by atoms with E-state index in [0.29, 0.717) is 0 Å². The molecule has 0 radical (unpaired) electrons. The lowest BCUT2D eigenvalue weighted by Crippen LogP contribution is -2.07. The molecule has 3 nitrogen and oxygen atoms in total. The lowest BCUT2D eigenvalue weighted by atomic mass is 10.0. The quantitative estimate of drug-likeness (QED) is 0.777. The van der Waals surface area contributed by atoms with Crippen molar-refractivity contribution in [3.63, 3.8) is 0 Å².